The molecule has 0 saturated carbocycles. The second-order valence-corrected chi connectivity index (χ2v) is 10.9. The van der Waals surface area contributed by atoms with Crippen LogP contribution in [-0.2, 0) is 9.47 Å². The molecule has 0 spiro atoms. The number of hydrogen-bond donors (Lipinski definition) is 4. The molecule has 2 aromatic heterocycles. The molecule has 2 aliphatic heterocycles. The van der Waals surface area contributed by atoms with Crippen molar-refractivity contribution >= 4 is 0 Å². The van der Waals surface area contributed by atoms with Crippen molar-refractivity contribution in [1.82, 2.24) is 19.1 Å². The standard InChI is InChI=1S/2C14H22N2O4/c2*1-3-4-5-10-6-12(20-11(10)8-17)16-7-9(2)13(18)15-14(16)19/h2*7,10-12,17H,3-6,8H2,1-2H3,(H,15,18,19)/t10-,11+,12+;10-,11+,12-/m00/s1. The van der Waals surface area contributed by atoms with Gasteiger partial charge in [-0.2, -0.15) is 0 Å². The third-order valence-corrected chi connectivity index (χ3v) is 7.85. The average Bonchev–Trinajstić information content (AvgIpc) is 3.54. The van der Waals surface area contributed by atoms with Crippen molar-refractivity contribution in [2.45, 2.75) is 104 Å². The molecule has 2 saturated heterocycles. The molecular weight excluding hydrogens is 520 g/mol. The third-order valence-electron chi connectivity index (χ3n) is 7.85. The minimum atomic E-state index is -0.460. The van der Waals surface area contributed by atoms with E-state index in [1.165, 1.54) is 21.5 Å². The zero-order chi connectivity index (χ0) is 29.4. The molecule has 4 rings (SSSR count). The van der Waals surface area contributed by atoms with Crippen molar-refractivity contribution < 1.29 is 19.7 Å². The van der Waals surface area contributed by atoms with Crippen LogP contribution in [0, 0.1) is 25.7 Å². The van der Waals surface area contributed by atoms with E-state index in [1.54, 1.807) is 13.8 Å². The fourth-order valence-corrected chi connectivity index (χ4v) is 5.44. The van der Waals surface area contributed by atoms with Crippen molar-refractivity contribution in [1.29, 1.82) is 0 Å². The summed E-state index contributed by atoms with van der Waals surface area (Å²) in [5, 5.41) is 18.8. The number of aliphatic hydroxyl groups excluding tert-OH is 2. The lowest BCUT2D eigenvalue weighted by molar-refractivity contribution is -0.0334. The normalized spacial score (nSPS) is 26.1. The molecular formula is C28H44N4O8. The fourth-order valence-electron chi connectivity index (χ4n) is 5.44. The van der Waals surface area contributed by atoms with E-state index in [0.29, 0.717) is 24.0 Å². The van der Waals surface area contributed by atoms with Crippen molar-refractivity contribution in [2.24, 2.45) is 11.8 Å². The van der Waals surface area contributed by atoms with E-state index < -0.39 is 23.8 Å². The summed E-state index contributed by atoms with van der Waals surface area (Å²) in [6.07, 6.45) is 9.48. The quantitative estimate of drug-likeness (QED) is 0.339. The summed E-state index contributed by atoms with van der Waals surface area (Å²) < 4.78 is 14.4. The van der Waals surface area contributed by atoms with E-state index in [9.17, 15) is 29.4 Å². The Kier molecular flexibility index (Phi) is 11.7. The molecule has 0 radical (unpaired) electrons. The van der Waals surface area contributed by atoms with Gasteiger partial charge in [-0.05, 0) is 51.4 Å². The second-order valence-electron chi connectivity index (χ2n) is 10.9. The Hall–Kier alpha value is -2.80. The maximum atomic E-state index is 11.9. The van der Waals surface area contributed by atoms with Crippen molar-refractivity contribution in [3.8, 4) is 0 Å². The molecule has 4 heterocycles. The van der Waals surface area contributed by atoms with Gasteiger partial charge in [0.2, 0.25) is 0 Å². The number of nitrogens with one attached hydrogen (secondary N) is 2. The SMILES string of the molecule is CCCC[C@H]1C[C@@H](n2cc(C)c(=O)[nH]c2=O)O[C@@H]1CO.CCCC[C@H]1C[C@H](n2cc(C)c(=O)[nH]c2=O)O[C@@H]1CO. The van der Waals surface area contributed by atoms with Crippen molar-refractivity contribution in [2.75, 3.05) is 13.2 Å². The van der Waals surface area contributed by atoms with Crippen LogP contribution in [0.3, 0.4) is 0 Å². The summed E-state index contributed by atoms with van der Waals surface area (Å²) in [5.74, 6) is 0.508. The fraction of sp³-hybridized carbons (Fsp3) is 0.714. The zero-order valence-electron chi connectivity index (χ0n) is 23.9. The Morgan fingerprint density at radius 3 is 1.45 bits per heavy atom. The van der Waals surface area contributed by atoms with Gasteiger partial charge < -0.3 is 19.7 Å². The molecule has 12 heteroatoms. The number of rotatable bonds is 10. The average molecular weight is 565 g/mol. The molecule has 12 nitrogen and oxygen atoms in total. The van der Waals surface area contributed by atoms with Gasteiger partial charge in [0.25, 0.3) is 11.1 Å². The first-order chi connectivity index (χ1) is 19.1. The number of H-pyrrole nitrogens is 2. The van der Waals surface area contributed by atoms with Crippen LogP contribution in [0.5, 0.6) is 0 Å². The summed E-state index contributed by atoms with van der Waals surface area (Å²) >= 11 is 0. The van der Waals surface area contributed by atoms with Crippen LogP contribution in [0.15, 0.2) is 31.6 Å². The molecule has 0 aromatic carbocycles. The Labute approximate surface area is 233 Å². The zero-order valence-corrected chi connectivity index (χ0v) is 23.9. The first-order valence-corrected chi connectivity index (χ1v) is 14.3. The Bertz CT molecular complexity index is 1230. The number of ether oxygens (including phenoxy) is 2. The Balaban J connectivity index is 0.000000220. The second kappa shape index (κ2) is 14.7. The van der Waals surface area contributed by atoms with Gasteiger partial charge in [-0.1, -0.05) is 39.5 Å². The predicted octanol–water partition coefficient (Wildman–Crippen LogP) is 1.86. The Morgan fingerprint density at radius 1 is 0.750 bits per heavy atom. The highest BCUT2D eigenvalue weighted by atomic mass is 16.5. The predicted molar refractivity (Wildman–Crippen MR) is 149 cm³/mol. The number of nitrogens with zero attached hydrogens (tertiary/aromatic N) is 2. The van der Waals surface area contributed by atoms with Crippen molar-refractivity contribution in [3.05, 3.63) is 65.2 Å². The summed E-state index contributed by atoms with van der Waals surface area (Å²) in [6, 6.07) is 0. The van der Waals surface area contributed by atoms with E-state index in [2.05, 4.69) is 23.8 Å². The molecule has 2 fully saturated rings. The van der Waals surface area contributed by atoms with E-state index in [4.69, 9.17) is 9.47 Å². The van der Waals surface area contributed by atoms with E-state index in [1.807, 2.05) is 0 Å². The van der Waals surface area contributed by atoms with Gasteiger partial charge in [0.05, 0.1) is 25.4 Å². The number of hydrogen-bond acceptors (Lipinski definition) is 8. The molecule has 2 aliphatic rings. The van der Waals surface area contributed by atoms with Crippen LogP contribution < -0.4 is 22.5 Å². The molecule has 0 amide bonds. The van der Waals surface area contributed by atoms with Gasteiger partial charge in [-0.25, -0.2) is 9.59 Å². The summed E-state index contributed by atoms with van der Waals surface area (Å²) in [6.45, 7) is 7.47. The highest BCUT2D eigenvalue weighted by molar-refractivity contribution is 5.03. The molecule has 40 heavy (non-hydrogen) atoms. The molecule has 6 atom stereocenters. The van der Waals surface area contributed by atoms with E-state index in [0.717, 1.165) is 38.5 Å². The van der Waals surface area contributed by atoms with Crippen molar-refractivity contribution in [3.63, 3.8) is 0 Å². The third kappa shape index (κ3) is 7.68. The number of aliphatic hydroxyl groups is 2. The van der Waals surface area contributed by atoms with E-state index >= 15 is 0 Å². The van der Waals surface area contributed by atoms with Gasteiger partial charge in [-0.3, -0.25) is 28.7 Å². The van der Waals surface area contributed by atoms with Crippen LogP contribution in [0.2, 0.25) is 0 Å². The first-order valence-electron chi connectivity index (χ1n) is 14.3. The number of aryl methyl sites for hydroxylation is 2. The molecule has 224 valence electrons. The highest BCUT2D eigenvalue weighted by Gasteiger charge is 2.36. The number of aromatic amines is 2. The van der Waals surface area contributed by atoms with Gasteiger partial charge in [0.1, 0.15) is 12.5 Å². The monoisotopic (exact) mass is 564 g/mol. The number of aromatic nitrogens is 4. The van der Waals surface area contributed by atoms with Crippen LogP contribution >= 0.6 is 0 Å². The highest BCUT2D eigenvalue weighted by Crippen LogP contribution is 2.36. The number of unbranched alkanes of at least 4 members (excludes halogenated alkanes) is 2. The lowest BCUT2D eigenvalue weighted by Gasteiger charge is -2.15. The van der Waals surface area contributed by atoms with Crippen LogP contribution in [0.1, 0.15) is 88.8 Å². The maximum absolute atomic E-state index is 11.9. The first kappa shape index (κ1) is 31.7. The lowest BCUT2D eigenvalue weighted by Crippen LogP contribution is -2.33. The van der Waals surface area contributed by atoms with Gasteiger partial charge in [-0.15, -0.1) is 0 Å². The minimum absolute atomic E-state index is 0.0397. The summed E-state index contributed by atoms with van der Waals surface area (Å²) in [7, 11) is 0. The molecule has 0 bridgehead atoms. The van der Waals surface area contributed by atoms with Crippen LogP contribution in [-0.4, -0.2) is 54.7 Å². The summed E-state index contributed by atoms with van der Waals surface area (Å²) in [4.78, 5) is 51.1. The van der Waals surface area contributed by atoms with Gasteiger partial charge >= 0.3 is 11.4 Å². The van der Waals surface area contributed by atoms with Gasteiger partial charge in [0, 0.05) is 23.5 Å². The maximum Gasteiger partial charge on any atom is 0.330 e. The van der Waals surface area contributed by atoms with Gasteiger partial charge in [0.15, 0.2) is 0 Å². The topological polar surface area (TPSA) is 169 Å². The van der Waals surface area contributed by atoms with Crippen LogP contribution in [0.4, 0.5) is 0 Å². The smallest absolute Gasteiger partial charge is 0.330 e. The Morgan fingerprint density at radius 2 is 1.12 bits per heavy atom. The van der Waals surface area contributed by atoms with Crippen LogP contribution in [0.25, 0.3) is 0 Å². The lowest BCUT2D eigenvalue weighted by atomic mass is 9.95. The largest absolute Gasteiger partial charge is 0.394 e. The molecule has 4 N–H and O–H groups in total. The minimum Gasteiger partial charge on any atom is -0.394 e. The van der Waals surface area contributed by atoms with E-state index in [-0.39, 0.29) is 48.4 Å². The molecule has 2 aromatic rings. The molecule has 0 unspecified atom stereocenters. The molecule has 0 aliphatic carbocycles. The summed E-state index contributed by atoms with van der Waals surface area (Å²) in [5.41, 5.74) is -0.704.